The maximum atomic E-state index is 12.6. The summed E-state index contributed by atoms with van der Waals surface area (Å²) >= 11 is 0. The predicted octanol–water partition coefficient (Wildman–Crippen LogP) is 2.48. The third-order valence-corrected chi connectivity index (χ3v) is 3.91. The van der Waals surface area contributed by atoms with Gasteiger partial charge in [0.2, 0.25) is 5.82 Å². The van der Waals surface area contributed by atoms with E-state index in [-0.39, 0.29) is 29.4 Å². The van der Waals surface area contributed by atoms with Gasteiger partial charge in [0.1, 0.15) is 0 Å². The molecule has 1 fully saturated rings. The Labute approximate surface area is 138 Å². The number of pyridine rings is 1. The van der Waals surface area contributed by atoms with E-state index in [4.69, 9.17) is 0 Å². The van der Waals surface area contributed by atoms with Gasteiger partial charge in [0.25, 0.3) is 11.8 Å². The van der Waals surface area contributed by atoms with Crippen molar-refractivity contribution in [3.05, 3.63) is 66.2 Å². The van der Waals surface area contributed by atoms with Gasteiger partial charge in [0.15, 0.2) is 5.69 Å². The molecule has 3 aromatic rings. The molecule has 6 heteroatoms. The number of anilines is 1. The summed E-state index contributed by atoms with van der Waals surface area (Å²) in [5.74, 6) is -0.400. The normalized spacial score (nSPS) is 13.7. The SMILES string of the molecule is O=C(NC1CC1)c1nc(C(=O)Nc2ccccc2)n2ccccc12. The Morgan fingerprint density at radius 3 is 2.50 bits per heavy atom. The van der Waals surface area contributed by atoms with Crippen LogP contribution in [0.2, 0.25) is 0 Å². The molecule has 1 aliphatic rings. The summed E-state index contributed by atoms with van der Waals surface area (Å²) in [7, 11) is 0. The molecule has 120 valence electrons. The Morgan fingerprint density at radius 2 is 1.75 bits per heavy atom. The summed E-state index contributed by atoms with van der Waals surface area (Å²) in [6.07, 6.45) is 3.73. The van der Waals surface area contributed by atoms with E-state index in [1.807, 2.05) is 24.3 Å². The minimum absolute atomic E-state index is 0.190. The lowest BCUT2D eigenvalue weighted by Gasteiger charge is -2.03. The number of imidazole rings is 1. The lowest BCUT2D eigenvalue weighted by molar-refractivity contribution is 0.0948. The van der Waals surface area contributed by atoms with Gasteiger partial charge in [0, 0.05) is 17.9 Å². The number of carbonyl (C=O) groups excluding carboxylic acids is 2. The van der Waals surface area contributed by atoms with E-state index in [2.05, 4.69) is 15.6 Å². The van der Waals surface area contributed by atoms with Crippen molar-refractivity contribution >= 4 is 23.0 Å². The van der Waals surface area contributed by atoms with Crippen LogP contribution in [0.4, 0.5) is 5.69 Å². The topological polar surface area (TPSA) is 75.5 Å². The zero-order valence-corrected chi connectivity index (χ0v) is 12.9. The Hall–Kier alpha value is -3.15. The van der Waals surface area contributed by atoms with E-state index in [0.717, 1.165) is 12.8 Å². The molecular weight excluding hydrogens is 304 g/mol. The molecule has 2 aromatic heterocycles. The summed E-state index contributed by atoms with van der Waals surface area (Å²) in [5.41, 5.74) is 1.58. The molecule has 0 atom stereocenters. The second-order valence-electron chi connectivity index (χ2n) is 5.81. The molecule has 0 aliphatic heterocycles. The monoisotopic (exact) mass is 320 g/mol. The first kappa shape index (κ1) is 14.4. The summed E-state index contributed by atoms with van der Waals surface area (Å²) in [6.45, 7) is 0. The van der Waals surface area contributed by atoms with Gasteiger partial charge in [-0.2, -0.15) is 0 Å². The molecule has 0 radical (unpaired) electrons. The van der Waals surface area contributed by atoms with E-state index < -0.39 is 0 Å². The van der Waals surface area contributed by atoms with Crippen molar-refractivity contribution in [1.29, 1.82) is 0 Å². The lowest BCUT2D eigenvalue weighted by atomic mass is 10.3. The Morgan fingerprint density at radius 1 is 1.00 bits per heavy atom. The predicted molar refractivity (Wildman–Crippen MR) is 90.1 cm³/mol. The molecule has 1 saturated carbocycles. The van der Waals surface area contributed by atoms with Crippen LogP contribution >= 0.6 is 0 Å². The summed E-state index contributed by atoms with van der Waals surface area (Å²) in [5, 5.41) is 5.72. The van der Waals surface area contributed by atoms with Crippen LogP contribution in [0.15, 0.2) is 54.7 Å². The maximum absolute atomic E-state index is 12.6. The number of hydrogen-bond donors (Lipinski definition) is 2. The zero-order chi connectivity index (χ0) is 16.5. The number of aromatic nitrogens is 2. The molecule has 1 aliphatic carbocycles. The third kappa shape index (κ3) is 2.74. The van der Waals surface area contributed by atoms with Crippen molar-refractivity contribution in [2.45, 2.75) is 18.9 Å². The van der Waals surface area contributed by atoms with E-state index in [0.29, 0.717) is 11.2 Å². The van der Waals surface area contributed by atoms with Gasteiger partial charge >= 0.3 is 0 Å². The van der Waals surface area contributed by atoms with E-state index in [1.54, 1.807) is 34.9 Å². The Kier molecular flexibility index (Phi) is 3.49. The first-order valence-corrected chi connectivity index (χ1v) is 7.87. The highest BCUT2D eigenvalue weighted by Gasteiger charge is 2.27. The molecule has 4 rings (SSSR count). The molecule has 6 nitrogen and oxygen atoms in total. The van der Waals surface area contributed by atoms with Crippen molar-refractivity contribution in [3.63, 3.8) is 0 Å². The summed E-state index contributed by atoms with van der Waals surface area (Å²) in [4.78, 5) is 29.3. The van der Waals surface area contributed by atoms with Gasteiger partial charge in [-0.3, -0.25) is 14.0 Å². The van der Waals surface area contributed by atoms with E-state index in [9.17, 15) is 9.59 Å². The molecule has 2 amide bonds. The first-order valence-electron chi connectivity index (χ1n) is 7.87. The number of fused-ring (bicyclic) bond motifs is 1. The molecule has 1 aromatic carbocycles. The summed E-state index contributed by atoms with van der Waals surface area (Å²) in [6, 6.07) is 14.8. The lowest BCUT2D eigenvalue weighted by Crippen LogP contribution is -2.26. The molecule has 2 heterocycles. The van der Waals surface area contributed by atoms with Crippen LogP contribution in [0.25, 0.3) is 5.52 Å². The van der Waals surface area contributed by atoms with Crippen molar-refractivity contribution < 1.29 is 9.59 Å². The van der Waals surface area contributed by atoms with Crippen LogP contribution in [0.3, 0.4) is 0 Å². The standard InChI is InChI=1S/C18H16N4O2/c23-17(19-13-9-10-13)15-14-8-4-5-11-22(14)16(21-15)18(24)20-12-6-2-1-3-7-12/h1-8,11,13H,9-10H2,(H,19,23)(H,20,24). The molecule has 0 unspecified atom stereocenters. The molecule has 24 heavy (non-hydrogen) atoms. The fourth-order valence-electron chi connectivity index (χ4n) is 2.55. The van der Waals surface area contributed by atoms with Crippen molar-refractivity contribution in [2.75, 3.05) is 5.32 Å². The van der Waals surface area contributed by atoms with Crippen LogP contribution in [-0.2, 0) is 0 Å². The van der Waals surface area contributed by atoms with Crippen molar-refractivity contribution in [2.24, 2.45) is 0 Å². The minimum Gasteiger partial charge on any atom is -0.348 e. The summed E-state index contributed by atoms with van der Waals surface area (Å²) < 4.78 is 1.64. The highest BCUT2D eigenvalue weighted by atomic mass is 16.2. The number of amides is 2. The number of rotatable bonds is 4. The maximum Gasteiger partial charge on any atom is 0.292 e. The largest absolute Gasteiger partial charge is 0.348 e. The Balaban J connectivity index is 1.69. The molecule has 0 bridgehead atoms. The van der Waals surface area contributed by atoms with Gasteiger partial charge in [-0.05, 0) is 37.1 Å². The van der Waals surface area contributed by atoms with Crippen LogP contribution in [0, 0.1) is 0 Å². The first-order chi connectivity index (χ1) is 11.7. The van der Waals surface area contributed by atoms with E-state index in [1.165, 1.54) is 0 Å². The van der Waals surface area contributed by atoms with Gasteiger partial charge in [-0.15, -0.1) is 0 Å². The molecule has 0 spiro atoms. The fraction of sp³-hybridized carbons (Fsp3) is 0.167. The molecule has 0 saturated heterocycles. The third-order valence-electron chi connectivity index (χ3n) is 3.91. The van der Waals surface area contributed by atoms with Crippen LogP contribution in [-0.4, -0.2) is 27.2 Å². The van der Waals surface area contributed by atoms with Crippen molar-refractivity contribution in [1.82, 2.24) is 14.7 Å². The highest BCUT2D eigenvalue weighted by Crippen LogP contribution is 2.21. The van der Waals surface area contributed by atoms with Crippen molar-refractivity contribution in [3.8, 4) is 0 Å². The average Bonchev–Trinajstić information content (AvgIpc) is 3.32. The zero-order valence-electron chi connectivity index (χ0n) is 12.9. The van der Waals surface area contributed by atoms with Crippen LogP contribution < -0.4 is 10.6 Å². The second kappa shape index (κ2) is 5.81. The number of para-hydroxylation sites is 1. The molecular formula is C18H16N4O2. The van der Waals surface area contributed by atoms with Gasteiger partial charge < -0.3 is 10.6 Å². The second-order valence-corrected chi connectivity index (χ2v) is 5.81. The fourth-order valence-corrected chi connectivity index (χ4v) is 2.55. The van der Waals surface area contributed by atoms with Crippen LogP contribution in [0.5, 0.6) is 0 Å². The van der Waals surface area contributed by atoms with Gasteiger partial charge in [0.05, 0.1) is 5.52 Å². The minimum atomic E-state index is -0.354. The van der Waals surface area contributed by atoms with E-state index >= 15 is 0 Å². The number of hydrogen-bond acceptors (Lipinski definition) is 3. The number of nitrogens with zero attached hydrogens (tertiary/aromatic N) is 2. The number of nitrogens with one attached hydrogen (secondary N) is 2. The smallest absolute Gasteiger partial charge is 0.292 e. The van der Waals surface area contributed by atoms with Gasteiger partial charge in [-0.1, -0.05) is 24.3 Å². The molecule has 2 N–H and O–H groups in total. The number of benzene rings is 1. The van der Waals surface area contributed by atoms with Gasteiger partial charge in [-0.25, -0.2) is 4.98 Å². The number of carbonyl (C=O) groups is 2. The van der Waals surface area contributed by atoms with Crippen LogP contribution in [0.1, 0.15) is 33.9 Å². The Bertz CT molecular complexity index is 913. The quantitative estimate of drug-likeness (QED) is 0.775. The highest BCUT2D eigenvalue weighted by molar-refractivity contribution is 6.06. The average molecular weight is 320 g/mol.